The molecule has 2 rings (SSSR count). The molecular weight excluding hydrogens is 288 g/mol. The van der Waals surface area contributed by atoms with Crippen molar-refractivity contribution in [2.45, 2.75) is 13.3 Å². The van der Waals surface area contributed by atoms with Crippen LogP contribution in [0.3, 0.4) is 0 Å². The number of amides is 1. The molecule has 23 heavy (non-hydrogen) atoms. The molecule has 0 aliphatic heterocycles. The highest BCUT2D eigenvalue weighted by Crippen LogP contribution is 2.12. The van der Waals surface area contributed by atoms with Crippen LogP contribution in [0.4, 0.5) is 5.69 Å². The van der Waals surface area contributed by atoms with Gasteiger partial charge in [-0.3, -0.25) is 9.59 Å². The number of carbonyl (C=O) groups is 2. The van der Waals surface area contributed by atoms with Crippen molar-refractivity contribution in [3.05, 3.63) is 65.2 Å². The van der Waals surface area contributed by atoms with Crippen LogP contribution in [0.5, 0.6) is 0 Å². The Hall–Kier alpha value is -2.62. The number of Topliss-reactive ketones (excluding diaryl/α,β-unsaturated/α-hetero) is 1. The molecule has 1 N–H and O–H groups in total. The molecule has 4 nitrogen and oxygen atoms in total. The Morgan fingerprint density at radius 2 is 1.48 bits per heavy atom. The first kappa shape index (κ1) is 16.7. The van der Waals surface area contributed by atoms with Crippen LogP contribution in [0.25, 0.3) is 0 Å². The van der Waals surface area contributed by atoms with E-state index in [4.69, 9.17) is 0 Å². The van der Waals surface area contributed by atoms with Crippen LogP contribution in [-0.4, -0.2) is 37.2 Å². The van der Waals surface area contributed by atoms with Gasteiger partial charge in [0.15, 0.2) is 5.78 Å². The second kappa shape index (κ2) is 7.58. The summed E-state index contributed by atoms with van der Waals surface area (Å²) in [5.74, 6) is 0.100. The number of aryl methyl sites for hydroxylation is 1. The predicted molar refractivity (Wildman–Crippen MR) is 93.1 cm³/mol. The number of rotatable bonds is 6. The van der Waals surface area contributed by atoms with Crippen LogP contribution in [0.2, 0.25) is 0 Å². The zero-order valence-corrected chi connectivity index (χ0v) is 13.8. The summed E-state index contributed by atoms with van der Waals surface area (Å²) in [7, 11) is 3.45. The summed E-state index contributed by atoms with van der Waals surface area (Å²) in [6.45, 7) is 2.56. The molecule has 0 aliphatic rings. The van der Waals surface area contributed by atoms with E-state index in [1.54, 1.807) is 31.1 Å². The SMILES string of the molecule is Cc1ccc(C(=O)CCNc2ccc(C(=O)N(C)C)cc2)cc1. The van der Waals surface area contributed by atoms with Crippen molar-refractivity contribution >= 4 is 17.4 Å². The number of nitrogens with one attached hydrogen (secondary N) is 1. The van der Waals surface area contributed by atoms with E-state index < -0.39 is 0 Å². The third-order valence-corrected chi connectivity index (χ3v) is 3.59. The minimum Gasteiger partial charge on any atom is -0.385 e. The van der Waals surface area contributed by atoms with Crippen molar-refractivity contribution in [1.82, 2.24) is 4.90 Å². The number of anilines is 1. The zero-order valence-electron chi connectivity index (χ0n) is 13.8. The van der Waals surface area contributed by atoms with Gasteiger partial charge >= 0.3 is 0 Å². The fraction of sp³-hybridized carbons (Fsp3) is 0.263. The highest BCUT2D eigenvalue weighted by molar-refractivity contribution is 5.96. The van der Waals surface area contributed by atoms with Gasteiger partial charge in [-0.15, -0.1) is 0 Å². The average Bonchev–Trinajstić information content (AvgIpc) is 2.55. The van der Waals surface area contributed by atoms with Crippen molar-refractivity contribution < 1.29 is 9.59 Å². The van der Waals surface area contributed by atoms with Crippen LogP contribution in [0.1, 0.15) is 32.7 Å². The van der Waals surface area contributed by atoms with E-state index in [1.807, 2.05) is 43.3 Å². The molecule has 0 fully saturated rings. The van der Waals surface area contributed by atoms with Gasteiger partial charge < -0.3 is 10.2 Å². The summed E-state index contributed by atoms with van der Waals surface area (Å²) in [5, 5.41) is 3.21. The molecule has 4 heteroatoms. The summed E-state index contributed by atoms with van der Waals surface area (Å²) in [6, 6.07) is 14.9. The Balaban J connectivity index is 1.85. The first-order valence-corrected chi connectivity index (χ1v) is 7.63. The molecule has 0 spiro atoms. The molecular formula is C19H22N2O2. The largest absolute Gasteiger partial charge is 0.385 e. The van der Waals surface area contributed by atoms with E-state index in [1.165, 1.54) is 0 Å². The third-order valence-electron chi connectivity index (χ3n) is 3.59. The molecule has 2 aromatic rings. The van der Waals surface area contributed by atoms with Crippen LogP contribution in [0.15, 0.2) is 48.5 Å². The van der Waals surface area contributed by atoms with E-state index in [-0.39, 0.29) is 11.7 Å². The lowest BCUT2D eigenvalue weighted by Crippen LogP contribution is -2.21. The Kier molecular flexibility index (Phi) is 5.52. The van der Waals surface area contributed by atoms with Gasteiger partial charge in [-0.25, -0.2) is 0 Å². The van der Waals surface area contributed by atoms with Gasteiger partial charge in [-0.1, -0.05) is 29.8 Å². The fourth-order valence-electron chi connectivity index (χ4n) is 2.19. The summed E-state index contributed by atoms with van der Waals surface area (Å²) in [4.78, 5) is 25.4. The van der Waals surface area contributed by atoms with Crippen molar-refractivity contribution in [3.63, 3.8) is 0 Å². The molecule has 120 valence electrons. The van der Waals surface area contributed by atoms with E-state index in [9.17, 15) is 9.59 Å². The Labute approximate surface area is 137 Å². The molecule has 0 heterocycles. The molecule has 1 amide bonds. The molecule has 0 saturated carbocycles. The standard InChI is InChI=1S/C19H22N2O2/c1-14-4-6-15(7-5-14)18(22)12-13-20-17-10-8-16(9-11-17)19(23)21(2)3/h4-11,20H,12-13H2,1-3H3. The number of hydrogen-bond donors (Lipinski definition) is 1. The highest BCUT2D eigenvalue weighted by Gasteiger charge is 2.08. The molecule has 0 radical (unpaired) electrons. The summed E-state index contributed by atoms with van der Waals surface area (Å²) in [6.07, 6.45) is 0.432. The zero-order chi connectivity index (χ0) is 16.8. The number of ketones is 1. The molecule has 2 aromatic carbocycles. The number of benzene rings is 2. The van der Waals surface area contributed by atoms with Gasteiger partial charge in [0.05, 0.1) is 0 Å². The predicted octanol–water partition coefficient (Wildman–Crippen LogP) is 3.38. The van der Waals surface area contributed by atoms with E-state index >= 15 is 0 Å². The molecule has 0 unspecified atom stereocenters. The van der Waals surface area contributed by atoms with Crippen LogP contribution in [-0.2, 0) is 0 Å². The van der Waals surface area contributed by atoms with E-state index in [2.05, 4.69) is 5.32 Å². The monoisotopic (exact) mass is 310 g/mol. The second-order valence-corrected chi connectivity index (χ2v) is 5.74. The fourth-order valence-corrected chi connectivity index (χ4v) is 2.19. The first-order valence-electron chi connectivity index (χ1n) is 7.63. The molecule has 0 aliphatic carbocycles. The lowest BCUT2D eigenvalue weighted by molar-refractivity contribution is 0.0827. The van der Waals surface area contributed by atoms with E-state index in [0.29, 0.717) is 18.5 Å². The second-order valence-electron chi connectivity index (χ2n) is 5.74. The third kappa shape index (κ3) is 4.68. The Morgan fingerprint density at radius 1 is 0.913 bits per heavy atom. The minimum atomic E-state index is -0.0221. The van der Waals surface area contributed by atoms with Crippen molar-refractivity contribution in [3.8, 4) is 0 Å². The summed E-state index contributed by atoms with van der Waals surface area (Å²) < 4.78 is 0. The van der Waals surface area contributed by atoms with Crippen molar-refractivity contribution in [2.24, 2.45) is 0 Å². The van der Waals surface area contributed by atoms with Crippen LogP contribution < -0.4 is 5.32 Å². The lowest BCUT2D eigenvalue weighted by atomic mass is 10.1. The van der Waals surface area contributed by atoms with Crippen molar-refractivity contribution in [1.29, 1.82) is 0 Å². The maximum absolute atomic E-state index is 12.1. The van der Waals surface area contributed by atoms with Gasteiger partial charge in [0, 0.05) is 43.9 Å². The van der Waals surface area contributed by atoms with Crippen LogP contribution >= 0.6 is 0 Å². The Bertz CT molecular complexity index is 674. The lowest BCUT2D eigenvalue weighted by Gasteiger charge is -2.11. The van der Waals surface area contributed by atoms with Gasteiger partial charge in [0.25, 0.3) is 5.91 Å². The molecule has 0 aromatic heterocycles. The van der Waals surface area contributed by atoms with Gasteiger partial charge in [0.2, 0.25) is 0 Å². The van der Waals surface area contributed by atoms with Gasteiger partial charge in [-0.2, -0.15) is 0 Å². The topological polar surface area (TPSA) is 49.4 Å². The number of nitrogens with zero attached hydrogens (tertiary/aromatic N) is 1. The van der Waals surface area contributed by atoms with Crippen LogP contribution in [0, 0.1) is 6.92 Å². The maximum Gasteiger partial charge on any atom is 0.253 e. The first-order chi connectivity index (χ1) is 11.0. The highest BCUT2D eigenvalue weighted by atomic mass is 16.2. The van der Waals surface area contributed by atoms with Gasteiger partial charge in [-0.05, 0) is 31.2 Å². The normalized spacial score (nSPS) is 10.2. The minimum absolute atomic E-state index is 0.0221. The molecule has 0 atom stereocenters. The van der Waals surface area contributed by atoms with Crippen molar-refractivity contribution in [2.75, 3.05) is 26.0 Å². The van der Waals surface area contributed by atoms with Gasteiger partial charge in [0.1, 0.15) is 0 Å². The smallest absolute Gasteiger partial charge is 0.253 e. The number of hydrogen-bond acceptors (Lipinski definition) is 3. The number of carbonyl (C=O) groups excluding carboxylic acids is 2. The quantitative estimate of drug-likeness (QED) is 0.832. The van der Waals surface area contributed by atoms with E-state index in [0.717, 1.165) is 16.8 Å². The summed E-state index contributed by atoms with van der Waals surface area (Å²) in [5.41, 5.74) is 3.43. The molecule has 0 saturated heterocycles. The average molecular weight is 310 g/mol. The maximum atomic E-state index is 12.1. The Morgan fingerprint density at radius 3 is 2.04 bits per heavy atom. The summed E-state index contributed by atoms with van der Waals surface area (Å²) >= 11 is 0. The molecule has 0 bridgehead atoms.